The van der Waals surface area contributed by atoms with Crippen LogP contribution < -0.4 is 14.5 Å². The number of thioether (sulfide) groups is 1. The lowest BCUT2D eigenvalue weighted by atomic mass is 9.68. The predicted molar refractivity (Wildman–Crippen MR) is 165 cm³/mol. The fourth-order valence-corrected chi connectivity index (χ4v) is 11.4. The minimum atomic E-state index is -0.330. The van der Waals surface area contributed by atoms with Gasteiger partial charge in [0.2, 0.25) is 11.8 Å². The van der Waals surface area contributed by atoms with Crippen LogP contribution in [-0.2, 0) is 14.4 Å². The Balaban J connectivity index is 1.08. The van der Waals surface area contributed by atoms with Crippen LogP contribution in [0.25, 0.3) is 0 Å². The number of rotatable bonds is 5. The van der Waals surface area contributed by atoms with Crippen LogP contribution in [0.5, 0.6) is 5.75 Å². The number of amides is 3. The fourth-order valence-electron chi connectivity index (χ4n) is 8.49. The Labute approximate surface area is 257 Å². The minimum absolute atomic E-state index is 0.0182. The summed E-state index contributed by atoms with van der Waals surface area (Å²) in [5.74, 6) is 0.0837. The summed E-state index contributed by atoms with van der Waals surface area (Å²) in [6, 6.07) is 15.5. The number of H-pyrrole nitrogens is 1. The summed E-state index contributed by atoms with van der Waals surface area (Å²) >= 11 is 2.95. The molecule has 2 aliphatic carbocycles. The average molecular weight is 616 g/mol. The zero-order valence-electron chi connectivity index (χ0n) is 23.9. The molecule has 3 aromatic rings. The summed E-state index contributed by atoms with van der Waals surface area (Å²) in [6.07, 6.45) is 4.11. The number of nitrogens with zero attached hydrogens (tertiary/aromatic N) is 2. The SMILES string of the molecule is Cc1ccc(N2C(=O)C3C4CC(C3C2=O)C2C4Sc3[nH]c(=O)sc3[C@@H]2c2ccc(OCC(=O)N3CCCCC3)cc2)cc1. The van der Waals surface area contributed by atoms with Gasteiger partial charge in [-0.2, -0.15) is 0 Å². The molecule has 8 nitrogen and oxygen atoms in total. The molecule has 43 heavy (non-hydrogen) atoms. The maximum atomic E-state index is 13.9. The number of carbonyl (C=O) groups excluding carboxylic acids is 3. The summed E-state index contributed by atoms with van der Waals surface area (Å²) < 4.78 is 5.88. The number of aromatic amines is 1. The quantitative estimate of drug-likeness (QED) is 0.414. The van der Waals surface area contributed by atoms with Crippen LogP contribution in [0.1, 0.15) is 47.6 Å². The van der Waals surface area contributed by atoms with Gasteiger partial charge in [-0.1, -0.05) is 41.2 Å². The molecule has 0 radical (unpaired) electrons. The lowest BCUT2D eigenvalue weighted by molar-refractivity contribution is -0.134. The first kappa shape index (κ1) is 27.2. The van der Waals surface area contributed by atoms with Crippen molar-refractivity contribution in [2.24, 2.45) is 29.6 Å². The van der Waals surface area contributed by atoms with Crippen molar-refractivity contribution in [2.45, 2.75) is 48.8 Å². The van der Waals surface area contributed by atoms with E-state index < -0.39 is 0 Å². The lowest BCUT2D eigenvalue weighted by Crippen LogP contribution is -2.42. The third kappa shape index (κ3) is 4.31. The van der Waals surface area contributed by atoms with Crippen LogP contribution in [0.2, 0.25) is 0 Å². The molecule has 6 unspecified atom stereocenters. The number of benzene rings is 2. The number of piperidine rings is 1. The smallest absolute Gasteiger partial charge is 0.305 e. The van der Waals surface area contributed by atoms with E-state index >= 15 is 0 Å². The molecule has 4 heterocycles. The number of anilines is 1. The molecule has 1 N–H and O–H groups in total. The molecule has 0 spiro atoms. The van der Waals surface area contributed by atoms with Crippen molar-refractivity contribution in [1.29, 1.82) is 0 Å². The Hall–Kier alpha value is -3.37. The van der Waals surface area contributed by atoms with Crippen LogP contribution >= 0.6 is 23.1 Å². The van der Waals surface area contributed by atoms with Crippen molar-refractivity contribution in [3.63, 3.8) is 0 Å². The second-order valence-electron chi connectivity index (χ2n) is 12.6. The highest BCUT2D eigenvalue weighted by molar-refractivity contribution is 8.00. The predicted octanol–water partition coefficient (Wildman–Crippen LogP) is 4.81. The first-order valence-electron chi connectivity index (χ1n) is 15.2. The summed E-state index contributed by atoms with van der Waals surface area (Å²) in [4.78, 5) is 60.2. The molecular weight excluding hydrogens is 583 g/mol. The van der Waals surface area contributed by atoms with Gasteiger partial charge in [-0.3, -0.25) is 24.1 Å². The largest absolute Gasteiger partial charge is 0.484 e. The molecule has 3 amide bonds. The second kappa shape index (κ2) is 10.4. The van der Waals surface area contributed by atoms with Gasteiger partial charge in [-0.25, -0.2) is 0 Å². The number of nitrogens with one attached hydrogen (secondary N) is 1. The number of hydrogen-bond donors (Lipinski definition) is 1. The van der Waals surface area contributed by atoms with E-state index in [1.165, 1.54) is 22.7 Å². The number of imide groups is 1. The van der Waals surface area contributed by atoms with Crippen LogP contribution in [0.4, 0.5) is 5.69 Å². The van der Waals surface area contributed by atoms with Crippen LogP contribution in [0, 0.1) is 36.5 Å². The molecule has 8 rings (SSSR count). The van der Waals surface area contributed by atoms with E-state index in [9.17, 15) is 19.2 Å². The maximum Gasteiger partial charge on any atom is 0.305 e. The third-order valence-electron chi connectivity index (χ3n) is 10.3. The van der Waals surface area contributed by atoms with E-state index in [1.54, 1.807) is 11.8 Å². The molecule has 2 bridgehead atoms. The Morgan fingerprint density at radius 1 is 0.930 bits per heavy atom. The molecule has 222 valence electrons. The van der Waals surface area contributed by atoms with Crippen molar-refractivity contribution in [2.75, 3.05) is 24.6 Å². The Morgan fingerprint density at radius 3 is 2.35 bits per heavy atom. The van der Waals surface area contributed by atoms with Crippen molar-refractivity contribution < 1.29 is 19.1 Å². The van der Waals surface area contributed by atoms with Crippen molar-refractivity contribution >= 4 is 46.5 Å². The van der Waals surface area contributed by atoms with Crippen molar-refractivity contribution in [3.8, 4) is 5.75 Å². The Bertz CT molecular complexity index is 1660. The maximum absolute atomic E-state index is 13.9. The molecule has 7 atom stereocenters. The zero-order valence-corrected chi connectivity index (χ0v) is 25.5. The topological polar surface area (TPSA) is 99.8 Å². The van der Waals surface area contributed by atoms with Crippen molar-refractivity contribution in [1.82, 2.24) is 9.88 Å². The molecule has 1 aromatic heterocycles. The number of carbonyl (C=O) groups is 3. The summed E-state index contributed by atoms with van der Waals surface area (Å²) in [5, 5.41) is 1.03. The number of fused-ring (bicyclic) bond motifs is 9. The molecule has 2 aromatic carbocycles. The number of aryl methyl sites for hydroxylation is 1. The molecule has 2 saturated carbocycles. The highest BCUT2D eigenvalue weighted by Crippen LogP contribution is 2.68. The van der Waals surface area contributed by atoms with E-state index in [1.807, 2.05) is 60.4 Å². The first-order chi connectivity index (χ1) is 20.9. The van der Waals surface area contributed by atoms with Gasteiger partial charge in [-0.05, 0) is 80.2 Å². The van der Waals surface area contributed by atoms with Gasteiger partial charge < -0.3 is 14.6 Å². The van der Waals surface area contributed by atoms with Crippen LogP contribution in [-0.4, -0.2) is 52.6 Å². The number of aromatic nitrogens is 1. The Kier molecular flexibility index (Phi) is 6.56. The molecule has 10 heteroatoms. The monoisotopic (exact) mass is 615 g/mol. The van der Waals surface area contributed by atoms with Gasteiger partial charge in [0.25, 0.3) is 5.91 Å². The van der Waals surface area contributed by atoms with Gasteiger partial charge in [-0.15, -0.1) is 11.8 Å². The summed E-state index contributed by atoms with van der Waals surface area (Å²) in [5.41, 5.74) is 2.80. The molecule has 3 aliphatic heterocycles. The van der Waals surface area contributed by atoms with Crippen LogP contribution in [0.3, 0.4) is 0 Å². The van der Waals surface area contributed by atoms with E-state index in [-0.39, 0.29) is 70.0 Å². The van der Waals surface area contributed by atoms with E-state index in [2.05, 4.69) is 4.98 Å². The number of likely N-dealkylation sites (tertiary alicyclic amines) is 1. The van der Waals surface area contributed by atoms with Gasteiger partial charge in [0.05, 0.1) is 22.5 Å². The number of hydrogen-bond acceptors (Lipinski definition) is 7. The number of ether oxygens (including phenoxy) is 1. The summed E-state index contributed by atoms with van der Waals surface area (Å²) in [7, 11) is 0. The highest BCUT2D eigenvalue weighted by atomic mass is 32.2. The van der Waals surface area contributed by atoms with Crippen LogP contribution in [0.15, 0.2) is 58.4 Å². The zero-order chi connectivity index (χ0) is 29.4. The van der Waals surface area contributed by atoms with Gasteiger partial charge in [0, 0.05) is 29.1 Å². The number of thiazole rings is 1. The normalized spacial score (nSPS) is 30.8. The second-order valence-corrected chi connectivity index (χ2v) is 14.8. The van der Waals surface area contributed by atoms with E-state index in [0.717, 1.165) is 53.4 Å². The molecule has 4 fully saturated rings. The first-order valence-corrected chi connectivity index (χ1v) is 16.9. The standard InChI is InChI=1S/C33H33N3O5S2/c1-17-5-9-19(10-6-17)36-31(38)26-21-15-22(27(26)32(36)39)28-25(21)24(29-30(42-28)34-33(40)43-29)18-7-11-20(12-8-18)41-16-23(37)35-13-3-2-4-14-35/h5-12,21-22,24-28H,2-4,13-16H2,1H3,(H,34,40)/t21?,22?,24-,25?,26?,27?,28?/m1/s1. The molecular formula is C33H33N3O5S2. The highest BCUT2D eigenvalue weighted by Gasteiger charge is 2.69. The molecule has 2 saturated heterocycles. The molecule has 5 aliphatic rings. The van der Waals surface area contributed by atoms with Crippen molar-refractivity contribution in [3.05, 3.63) is 74.2 Å². The average Bonchev–Trinajstić information content (AvgIpc) is 3.76. The van der Waals surface area contributed by atoms with E-state index in [0.29, 0.717) is 11.4 Å². The summed E-state index contributed by atoms with van der Waals surface area (Å²) in [6.45, 7) is 3.61. The lowest BCUT2D eigenvalue weighted by Gasteiger charge is -2.43. The Morgan fingerprint density at radius 2 is 1.63 bits per heavy atom. The fraction of sp³-hybridized carbons (Fsp3) is 0.455. The van der Waals surface area contributed by atoms with E-state index in [4.69, 9.17) is 4.74 Å². The minimum Gasteiger partial charge on any atom is -0.484 e. The third-order valence-corrected chi connectivity index (χ3v) is 12.9. The van der Waals surface area contributed by atoms with Gasteiger partial charge in [0.1, 0.15) is 5.75 Å². The van der Waals surface area contributed by atoms with Gasteiger partial charge in [0.15, 0.2) is 6.61 Å². The van der Waals surface area contributed by atoms with Gasteiger partial charge >= 0.3 is 4.87 Å².